The molecular formula is C14H24N2O3. The van der Waals surface area contributed by atoms with Crippen LogP contribution in [0.15, 0.2) is 0 Å². The Morgan fingerprint density at radius 1 is 1.16 bits per heavy atom. The van der Waals surface area contributed by atoms with Crippen molar-refractivity contribution in [3.63, 3.8) is 0 Å². The number of ether oxygens (including phenoxy) is 1. The summed E-state index contributed by atoms with van der Waals surface area (Å²) in [7, 11) is 0. The van der Waals surface area contributed by atoms with Crippen molar-refractivity contribution in [3.05, 3.63) is 0 Å². The van der Waals surface area contributed by atoms with E-state index in [0.29, 0.717) is 6.54 Å². The molecule has 108 valence electrons. The van der Waals surface area contributed by atoms with Crippen LogP contribution in [0.4, 0.5) is 0 Å². The maximum Gasteiger partial charge on any atom is 0.234 e. The fourth-order valence-corrected chi connectivity index (χ4v) is 2.82. The van der Waals surface area contributed by atoms with E-state index < -0.39 is 0 Å². The van der Waals surface area contributed by atoms with E-state index in [0.717, 1.165) is 52.0 Å². The smallest absolute Gasteiger partial charge is 0.234 e. The van der Waals surface area contributed by atoms with Crippen LogP contribution in [-0.4, -0.2) is 55.5 Å². The summed E-state index contributed by atoms with van der Waals surface area (Å²) in [5.41, 5.74) is 0. The maximum absolute atomic E-state index is 11.9. The van der Waals surface area contributed by atoms with Crippen LogP contribution in [0.5, 0.6) is 0 Å². The van der Waals surface area contributed by atoms with Gasteiger partial charge in [0.1, 0.15) is 5.78 Å². The average molecular weight is 268 g/mol. The van der Waals surface area contributed by atoms with Gasteiger partial charge in [-0.25, -0.2) is 0 Å². The van der Waals surface area contributed by atoms with E-state index in [4.69, 9.17) is 4.74 Å². The van der Waals surface area contributed by atoms with Crippen molar-refractivity contribution in [1.29, 1.82) is 0 Å². The van der Waals surface area contributed by atoms with E-state index in [2.05, 4.69) is 10.2 Å². The second-order valence-electron chi connectivity index (χ2n) is 5.62. The van der Waals surface area contributed by atoms with Gasteiger partial charge in [0.05, 0.1) is 6.54 Å². The molecule has 19 heavy (non-hydrogen) atoms. The molecule has 0 spiro atoms. The van der Waals surface area contributed by atoms with Gasteiger partial charge in [0.25, 0.3) is 0 Å². The molecule has 0 unspecified atom stereocenters. The van der Waals surface area contributed by atoms with Gasteiger partial charge in [-0.05, 0) is 45.7 Å². The lowest BCUT2D eigenvalue weighted by molar-refractivity contribution is -0.124. The molecule has 0 aromatic carbocycles. The SMILES string of the molecule is CC(=O)C1CCN(CC(=O)NC2CCOCC2)CC1. The Bertz CT molecular complexity index is 319. The van der Waals surface area contributed by atoms with E-state index in [9.17, 15) is 9.59 Å². The van der Waals surface area contributed by atoms with E-state index >= 15 is 0 Å². The normalized spacial score (nSPS) is 23.2. The third-order valence-electron chi connectivity index (χ3n) is 4.12. The molecule has 0 saturated carbocycles. The van der Waals surface area contributed by atoms with Crippen LogP contribution in [0.3, 0.4) is 0 Å². The first-order valence-corrected chi connectivity index (χ1v) is 7.25. The lowest BCUT2D eigenvalue weighted by Crippen LogP contribution is -2.46. The number of carbonyl (C=O) groups is 2. The molecule has 2 aliphatic heterocycles. The zero-order valence-electron chi connectivity index (χ0n) is 11.7. The van der Waals surface area contributed by atoms with Crippen molar-refractivity contribution in [1.82, 2.24) is 10.2 Å². The molecule has 0 aliphatic carbocycles. The van der Waals surface area contributed by atoms with E-state index in [-0.39, 0.29) is 23.7 Å². The average Bonchev–Trinajstić information content (AvgIpc) is 2.40. The third kappa shape index (κ3) is 4.58. The zero-order valence-corrected chi connectivity index (χ0v) is 11.7. The second kappa shape index (κ2) is 7.01. The number of piperidine rings is 1. The van der Waals surface area contributed by atoms with Gasteiger partial charge in [0, 0.05) is 25.2 Å². The fraction of sp³-hybridized carbons (Fsp3) is 0.857. The molecule has 2 rings (SSSR count). The Morgan fingerprint density at radius 2 is 1.79 bits per heavy atom. The van der Waals surface area contributed by atoms with Gasteiger partial charge in [-0.3, -0.25) is 14.5 Å². The summed E-state index contributed by atoms with van der Waals surface area (Å²) in [6, 6.07) is 0.274. The molecule has 5 heteroatoms. The van der Waals surface area contributed by atoms with Crippen LogP contribution in [0.2, 0.25) is 0 Å². The molecule has 5 nitrogen and oxygen atoms in total. The Morgan fingerprint density at radius 3 is 2.37 bits per heavy atom. The molecule has 0 radical (unpaired) electrons. The molecule has 2 fully saturated rings. The maximum atomic E-state index is 11.9. The number of nitrogens with one attached hydrogen (secondary N) is 1. The van der Waals surface area contributed by atoms with Gasteiger partial charge in [-0.1, -0.05) is 0 Å². The van der Waals surface area contributed by atoms with E-state index in [1.165, 1.54) is 0 Å². The van der Waals surface area contributed by atoms with Crippen LogP contribution in [0.1, 0.15) is 32.6 Å². The number of hydrogen-bond donors (Lipinski definition) is 1. The Labute approximate surface area is 114 Å². The third-order valence-corrected chi connectivity index (χ3v) is 4.12. The number of rotatable bonds is 4. The number of amides is 1. The minimum atomic E-state index is 0.105. The first kappa shape index (κ1) is 14.5. The van der Waals surface area contributed by atoms with Crippen molar-refractivity contribution in [2.45, 2.75) is 38.6 Å². The van der Waals surface area contributed by atoms with Gasteiger partial charge < -0.3 is 10.1 Å². The molecule has 0 aromatic heterocycles. The predicted octanol–water partition coefficient (Wildman–Crippen LogP) is 0.583. The zero-order chi connectivity index (χ0) is 13.7. The minimum absolute atomic E-state index is 0.105. The quantitative estimate of drug-likeness (QED) is 0.810. The molecular weight excluding hydrogens is 244 g/mol. The van der Waals surface area contributed by atoms with Crippen LogP contribution in [0, 0.1) is 5.92 Å². The number of hydrogen-bond acceptors (Lipinski definition) is 4. The van der Waals surface area contributed by atoms with E-state index in [1.54, 1.807) is 6.92 Å². The van der Waals surface area contributed by atoms with Crippen LogP contribution < -0.4 is 5.32 Å². The molecule has 2 aliphatic rings. The lowest BCUT2D eigenvalue weighted by Gasteiger charge is -2.31. The van der Waals surface area contributed by atoms with Gasteiger partial charge >= 0.3 is 0 Å². The highest BCUT2D eigenvalue weighted by Gasteiger charge is 2.24. The number of ketones is 1. The van der Waals surface area contributed by atoms with Crippen LogP contribution >= 0.6 is 0 Å². The molecule has 0 aromatic rings. The molecule has 1 amide bonds. The topological polar surface area (TPSA) is 58.6 Å². The predicted molar refractivity (Wildman–Crippen MR) is 71.8 cm³/mol. The highest BCUT2D eigenvalue weighted by atomic mass is 16.5. The molecule has 2 heterocycles. The Hall–Kier alpha value is -0.940. The second-order valence-corrected chi connectivity index (χ2v) is 5.62. The monoisotopic (exact) mass is 268 g/mol. The summed E-state index contributed by atoms with van der Waals surface area (Å²) in [5.74, 6) is 0.592. The van der Waals surface area contributed by atoms with Crippen molar-refractivity contribution in [2.75, 3.05) is 32.8 Å². The molecule has 0 atom stereocenters. The van der Waals surface area contributed by atoms with Crippen LogP contribution in [-0.2, 0) is 14.3 Å². The highest BCUT2D eigenvalue weighted by Crippen LogP contribution is 2.17. The minimum Gasteiger partial charge on any atom is -0.381 e. The first-order valence-electron chi connectivity index (χ1n) is 7.25. The number of Topliss-reactive ketones (excluding diaryl/α,β-unsaturated/α-hetero) is 1. The Balaban J connectivity index is 1.67. The van der Waals surface area contributed by atoms with Crippen molar-refractivity contribution < 1.29 is 14.3 Å². The molecule has 2 saturated heterocycles. The van der Waals surface area contributed by atoms with E-state index in [1.807, 2.05) is 0 Å². The summed E-state index contributed by atoms with van der Waals surface area (Å²) < 4.78 is 5.27. The van der Waals surface area contributed by atoms with Gasteiger partial charge in [0.15, 0.2) is 0 Å². The van der Waals surface area contributed by atoms with Gasteiger partial charge in [-0.2, -0.15) is 0 Å². The lowest BCUT2D eigenvalue weighted by atomic mass is 9.93. The summed E-state index contributed by atoms with van der Waals surface area (Å²) >= 11 is 0. The number of likely N-dealkylation sites (tertiary alicyclic amines) is 1. The summed E-state index contributed by atoms with van der Waals surface area (Å²) in [6.45, 7) is 5.32. The first-order chi connectivity index (χ1) is 9.15. The summed E-state index contributed by atoms with van der Waals surface area (Å²) in [4.78, 5) is 25.4. The Kier molecular flexibility index (Phi) is 5.34. The van der Waals surface area contributed by atoms with Gasteiger partial charge in [0.2, 0.25) is 5.91 Å². The largest absolute Gasteiger partial charge is 0.381 e. The van der Waals surface area contributed by atoms with Crippen molar-refractivity contribution in [2.24, 2.45) is 5.92 Å². The molecule has 0 bridgehead atoms. The van der Waals surface area contributed by atoms with Crippen LogP contribution in [0.25, 0.3) is 0 Å². The highest BCUT2D eigenvalue weighted by molar-refractivity contribution is 5.79. The van der Waals surface area contributed by atoms with Crippen molar-refractivity contribution >= 4 is 11.7 Å². The molecule has 1 N–H and O–H groups in total. The van der Waals surface area contributed by atoms with Gasteiger partial charge in [-0.15, -0.1) is 0 Å². The number of carbonyl (C=O) groups excluding carboxylic acids is 2. The summed E-state index contributed by atoms with van der Waals surface area (Å²) in [6.07, 6.45) is 3.61. The number of nitrogens with zero attached hydrogens (tertiary/aromatic N) is 1. The van der Waals surface area contributed by atoms with Crippen molar-refractivity contribution in [3.8, 4) is 0 Å². The fourth-order valence-electron chi connectivity index (χ4n) is 2.82. The standard InChI is InChI=1S/C14H24N2O3/c1-11(17)12-2-6-16(7-3-12)10-14(18)15-13-4-8-19-9-5-13/h12-13H,2-10H2,1H3,(H,15,18). The summed E-state index contributed by atoms with van der Waals surface area (Å²) in [5, 5.41) is 3.07.